The van der Waals surface area contributed by atoms with Gasteiger partial charge in [-0.3, -0.25) is 4.90 Å². The fraction of sp³-hybridized carbons (Fsp3) is 0.438. The van der Waals surface area contributed by atoms with E-state index in [2.05, 4.69) is 35.7 Å². The second-order valence-corrected chi connectivity index (χ2v) is 4.53. The van der Waals surface area contributed by atoms with Gasteiger partial charge in [0.05, 0.1) is 0 Å². The van der Waals surface area contributed by atoms with Crippen LogP contribution in [0.4, 0.5) is 0 Å². The summed E-state index contributed by atoms with van der Waals surface area (Å²) in [5.74, 6) is 0. The molecule has 0 spiro atoms. The Hall–Kier alpha value is -1.41. The number of hydrogen-bond acceptors (Lipinski definition) is 2. The van der Waals surface area contributed by atoms with Crippen LogP contribution in [0.2, 0.25) is 0 Å². The second-order valence-electron chi connectivity index (χ2n) is 4.53. The standard InChI is InChI=1S/C16H23NO/c1-2-12-17(13-8-3-4-9-14-18)15-16-10-6-5-7-11-16/h2,5-7,10-11,14H,1,3-4,8-9,12-13,15H2. The molecule has 0 fully saturated rings. The van der Waals surface area contributed by atoms with E-state index >= 15 is 0 Å². The number of rotatable bonds is 10. The number of carbonyl (C=O) groups excluding carboxylic acids is 1. The Bertz CT molecular complexity index is 334. The van der Waals surface area contributed by atoms with Crippen molar-refractivity contribution in [3.63, 3.8) is 0 Å². The number of nitrogens with zero attached hydrogens (tertiary/aromatic N) is 1. The molecule has 0 amide bonds. The molecule has 98 valence electrons. The number of aldehydes is 1. The molecule has 0 unspecified atom stereocenters. The lowest BCUT2D eigenvalue weighted by molar-refractivity contribution is -0.107. The summed E-state index contributed by atoms with van der Waals surface area (Å²) >= 11 is 0. The highest BCUT2D eigenvalue weighted by Gasteiger charge is 2.03. The van der Waals surface area contributed by atoms with Crippen molar-refractivity contribution in [1.29, 1.82) is 0 Å². The molecule has 0 saturated carbocycles. The molecule has 0 aliphatic carbocycles. The minimum absolute atomic E-state index is 0.695. The maximum Gasteiger partial charge on any atom is 0.119 e. The zero-order valence-corrected chi connectivity index (χ0v) is 11.1. The molecule has 0 radical (unpaired) electrons. The fourth-order valence-corrected chi connectivity index (χ4v) is 2.00. The van der Waals surface area contributed by atoms with Crippen LogP contribution in [-0.2, 0) is 11.3 Å². The smallest absolute Gasteiger partial charge is 0.119 e. The van der Waals surface area contributed by atoms with E-state index < -0.39 is 0 Å². The quantitative estimate of drug-likeness (QED) is 0.357. The van der Waals surface area contributed by atoms with Gasteiger partial charge < -0.3 is 4.79 Å². The lowest BCUT2D eigenvalue weighted by Crippen LogP contribution is -2.24. The number of carbonyl (C=O) groups is 1. The van der Waals surface area contributed by atoms with E-state index in [1.54, 1.807) is 0 Å². The van der Waals surface area contributed by atoms with E-state index in [1.807, 2.05) is 12.1 Å². The highest BCUT2D eigenvalue weighted by molar-refractivity contribution is 5.48. The van der Waals surface area contributed by atoms with Crippen LogP contribution in [0.25, 0.3) is 0 Å². The second kappa shape index (κ2) is 9.60. The molecule has 0 heterocycles. The van der Waals surface area contributed by atoms with Crippen molar-refractivity contribution < 1.29 is 4.79 Å². The molecule has 1 aromatic carbocycles. The van der Waals surface area contributed by atoms with Gasteiger partial charge in [-0.25, -0.2) is 0 Å². The minimum Gasteiger partial charge on any atom is -0.303 e. The normalized spacial score (nSPS) is 10.5. The van der Waals surface area contributed by atoms with Crippen molar-refractivity contribution in [2.24, 2.45) is 0 Å². The lowest BCUT2D eigenvalue weighted by Gasteiger charge is -2.20. The summed E-state index contributed by atoms with van der Waals surface area (Å²) in [6.45, 7) is 6.77. The topological polar surface area (TPSA) is 20.3 Å². The third kappa shape index (κ3) is 6.36. The first-order valence-electron chi connectivity index (χ1n) is 6.67. The average Bonchev–Trinajstić information content (AvgIpc) is 2.40. The molecule has 0 bridgehead atoms. The van der Waals surface area contributed by atoms with Gasteiger partial charge in [-0.2, -0.15) is 0 Å². The van der Waals surface area contributed by atoms with Crippen molar-refractivity contribution in [2.75, 3.05) is 13.1 Å². The molecule has 2 nitrogen and oxygen atoms in total. The minimum atomic E-state index is 0.695. The monoisotopic (exact) mass is 245 g/mol. The van der Waals surface area contributed by atoms with Crippen LogP contribution in [-0.4, -0.2) is 24.3 Å². The lowest BCUT2D eigenvalue weighted by atomic mass is 10.1. The Balaban J connectivity index is 2.30. The van der Waals surface area contributed by atoms with Crippen LogP contribution in [0.15, 0.2) is 43.0 Å². The first-order valence-corrected chi connectivity index (χ1v) is 6.67. The molecule has 2 heteroatoms. The summed E-state index contributed by atoms with van der Waals surface area (Å²) < 4.78 is 0. The SMILES string of the molecule is C=CCN(CCCCCC=O)Cc1ccccc1. The van der Waals surface area contributed by atoms with Gasteiger partial charge in [0, 0.05) is 19.5 Å². The summed E-state index contributed by atoms with van der Waals surface area (Å²) in [6.07, 6.45) is 6.94. The largest absolute Gasteiger partial charge is 0.303 e. The zero-order valence-electron chi connectivity index (χ0n) is 11.1. The van der Waals surface area contributed by atoms with Crippen LogP contribution in [0.1, 0.15) is 31.2 Å². The summed E-state index contributed by atoms with van der Waals surface area (Å²) in [5, 5.41) is 0. The van der Waals surface area contributed by atoms with Gasteiger partial charge in [-0.05, 0) is 24.9 Å². The van der Waals surface area contributed by atoms with Crippen molar-refractivity contribution in [3.05, 3.63) is 48.6 Å². The number of hydrogen-bond donors (Lipinski definition) is 0. The molecular weight excluding hydrogens is 222 g/mol. The molecule has 0 N–H and O–H groups in total. The molecule has 1 aromatic rings. The summed E-state index contributed by atoms with van der Waals surface area (Å²) in [7, 11) is 0. The van der Waals surface area contributed by atoms with E-state index in [1.165, 1.54) is 5.56 Å². The first-order chi connectivity index (χ1) is 8.86. The summed E-state index contributed by atoms with van der Waals surface area (Å²) in [4.78, 5) is 12.6. The van der Waals surface area contributed by atoms with Gasteiger partial charge >= 0.3 is 0 Å². The zero-order chi connectivity index (χ0) is 13.1. The Morgan fingerprint density at radius 1 is 1.11 bits per heavy atom. The van der Waals surface area contributed by atoms with Crippen LogP contribution in [0, 0.1) is 0 Å². The van der Waals surface area contributed by atoms with E-state index in [0.717, 1.165) is 45.2 Å². The predicted octanol–water partition coefficient (Wildman–Crippen LogP) is 3.43. The number of unbranched alkanes of at least 4 members (excludes halogenated alkanes) is 3. The van der Waals surface area contributed by atoms with E-state index in [9.17, 15) is 4.79 Å². The van der Waals surface area contributed by atoms with Crippen molar-refractivity contribution in [1.82, 2.24) is 4.90 Å². The third-order valence-electron chi connectivity index (χ3n) is 2.93. The average molecular weight is 245 g/mol. The summed E-state index contributed by atoms with van der Waals surface area (Å²) in [6, 6.07) is 10.5. The Kier molecular flexibility index (Phi) is 7.82. The van der Waals surface area contributed by atoms with E-state index in [4.69, 9.17) is 0 Å². The highest BCUT2D eigenvalue weighted by Crippen LogP contribution is 2.07. The maximum atomic E-state index is 10.2. The van der Waals surface area contributed by atoms with Gasteiger partial charge in [0.2, 0.25) is 0 Å². The molecule has 0 saturated heterocycles. The third-order valence-corrected chi connectivity index (χ3v) is 2.93. The van der Waals surface area contributed by atoms with Gasteiger partial charge in [0.1, 0.15) is 6.29 Å². The molecule has 0 aliphatic heterocycles. The summed E-state index contributed by atoms with van der Waals surface area (Å²) in [5.41, 5.74) is 1.34. The van der Waals surface area contributed by atoms with Crippen molar-refractivity contribution >= 4 is 6.29 Å². The van der Waals surface area contributed by atoms with Crippen LogP contribution in [0.3, 0.4) is 0 Å². The van der Waals surface area contributed by atoms with E-state index in [0.29, 0.717) is 6.42 Å². The Morgan fingerprint density at radius 3 is 2.56 bits per heavy atom. The molecular formula is C16H23NO. The van der Waals surface area contributed by atoms with Crippen LogP contribution < -0.4 is 0 Å². The fourth-order valence-electron chi connectivity index (χ4n) is 2.00. The van der Waals surface area contributed by atoms with Gasteiger partial charge in [0.15, 0.2) is 0 Å². The van der Waals surface area contributed by atoms with E-state index in [-0.39, 0.29) is 0 Å². The first kappa shape index (κ1) is 14.7. The Labute approximate surface area is 110 Å². The molecule has 0 atom stereocenters. The van der Waals surface area contributed by atoms with Crippen molar-refractivity contribution in [3.8, 4) is 0 Å². The van der Waals surface area contributed by atoms with Crippen LogP contribution >= 0.6 is 0 Å². The molecule has 0 aromatic heterocycles. The molecule has 0 aliphatic rings. The van der Waals surface area contributed by atoms with Crippen LogP contribution in [0.5, 0.6) is 0 Å². The van der Waals surface area contributed by atoms with Gasteiger partial charge in [0.25, 0.3) is 0 Å². The molecule has 18 heavy (non-hydrogen) atoms. The maximum absolute atomic E-state index is 10.2. The van der Waals surface area contributed by atoms with Gasteiger partial charge in [-0.1, -0.05) is 42.8 Å². The highest BCUT2D eigenvalue weighted by atomic mass is 16.1. The predicted molar refractivity (Wildman–Crippen MR) is 76.4 cm³/mol. The van der Waals surface area contributed by atoms with Crippen molar-refractivity contribution in [2.45, 2.75) is 32.2 Å². The van der Waals surface area contributed by atoms with Gasteiger partial charge in [-0.15, -0.1) is 6.58 Å². The number of benzene rings is 1. The Morgan fingerprint density at radius 2 is 1.89 bits per heavy atom. The molecule has 1 rings (SSSR count).